The second-order valence-electron chi connectivity index (χ2n) is 4.36. The lowest BCUT2D eigenvalue weighted by molar-refractivity contribution is 0.218. The van der Waals surface area contributed by atoms with Crippen molar-refractivity contribution in [2.75, 3.05) is 18.4 Å². The Bertz CT molecular complexity index is 457. The number of likely N-dealkylation sites (N-methyl/N-ethyl adjacent to an activating group) is 1. The molecule has 0 heterocycles. The lowest BCUT2D eigenvalue weighted by Gasteiger charge is -2.22. The van der Waals surface area contributed by atoms with Crippen LogP contribution in [0.4, 0.5) is 10.5 Å². The number of amides is 2. The van der Waals surface area contributed by atoms with Crippen LogP contribution in [0.15, 0.2) is 30.4 Å². The highest BCUT2D eigenvalue weighted by molar-refractivity contribution is 6.31. The van der Waals surface area contributed by atoms with E-state index >= 15 is 0 Å². The molecule has 0 unspecified atom stereocenters. The van der Waals surface area contributed by atoms with Gasteiger partial charge in [-0.3, -0.25) is 0 Å². The maximum Gasteiger partial charge on any atom is 0.322 e. The molecule has 1 aromatic carbocycles. The van der Waals surface area contributed by atoms with Crippen molar-refractivity contribution in [2.24, 2.45) is 0 Å². The number of carbonyl (C=O) groups excluding carboxylic acids is 1. The van der Waals surface area contributed by atoms with Gasteiger partial charge in [0.25, 0.3) is 0 Å². The van der Waals surface area contributed by atoms with E-state index in [1.165, 1.54) is 0 Å². The number of aryl methyl sites for hydroxylation is 1. The van der Waals surface area contributed by atoms with Gasteiger partial charge in [-0.25, -0.2) is 4.79 Å². The van der Waals surface area contributed by atoms with E-state index in [0.717, 1.165) is 16.8 Å². The van der Waals surface area contributed by atoms with E-state index in [4.69, 9.17) is 11.6 Å². The molecule has 0 aromatic heterocycles. The van der Waals surface area contributed by atoms with Gasteiger partial charge in [-0.05, 0) is 38.5 Å². The second-order valence-corrected chi connectivity index (χ2v) is 4.80. The average Bonchev–Trinajstić information content (AvgIpc) is 2.30. The number of carbonyl (C=O) groups is 1. The molecule has 0 aliphatic rings. The topological polar surface area (TPSA) is 32.3 Å². The van der Waals surface area contributed by atoms with Crippen molar-refractivity contribution in [3.8, 4) is 0 Å². The molecule has 0 bridgehead atoms. The summed E-state index contributed by atoms with van der Waals surface area (Å²) >= 11 is 5.92. The lowest BCUT2D eigenvalue weighted by atomic mass is 10.2. The monoisotopic (exact) mass is 266 g/mol. The van der Waals surface area contributed by atoms with Crippen LogP contribution in [0.25, 0.3) is 0 Å². The van der Waals surface area contributed by atoms with E-state index in [-0.39, 0.29) is 6.03 Å². The molecule has 0 fully saturated rings. The molecular formula is C14H19ClN2O. The van der Waals surface area contributed by atoms with Crippen molar-refractivity contribution in [1.82, 2.24) is 4.90 Å². The Morgan fingerprint density at radius 2 is 2.17 bits per heavy atom. The smallest absolute Gasteiger partial charge is 0.321 e. The van der Waals surface area contributed by atoms with Crippen LogP contribution >= 0.6 is 11.6 Å². The number of hydrogen-bond donors (Lipinski definition) is 1. The van der Waals surface area contributed by atoms with Crippen molar-refractivity contribution >= 4 is 23.3 Å². The molecule has 4 heteroatoms. The van der Waals surface area contributed by atoms with Gasteiger partial charge in [0.2, 0.25) is 0 Å². The summed E-state index contributed by atoms with van der Waals surface area (Å²) in [5, 5.41) is 3.48. The molecular weight excluding hydrogens is 248 g/mol. The predicted molar refractivity (Wildman–Crippen MR) is 77.3 cm³/mol. The van der Waals surface area contributed by atoms with Crippen LogP contribution in [-0.2, 0) is 0 Å². The first-order chi connectivity index (χ1) is 8.43. The maximum atomic E-state index is 12.1. The fraction of sp³-hybridized carbons (Fsp3) is 0.357. The summed E-state index contributed by atoms with van der Waals surface area (Å²) in [5.41, 5.74) is 2.68. The van der Waals surface area contributed by atoms with E-state index in [2.05, 4.69) is 11.9 Å². The van der Waals surface area contributed by atoms with Crippen molar-refractivity contribution in [1.29, 1.82) is 0 Å². The molecule has 0 spiro atoms. The summed E-state index contributed by atoms with van der Waals surface area (Å²) in [5.74, 6) is 0. The van der Waals surface area contributed by atoms with Gasteiger partial charge in [-0.1, -0.05) is 29.8 Å². The third kappa shape index (κ3) is 4.08. The predicted octanol–water partition coefficient (Wildman–Crippen LogP) is 4.08. The van der Waals surface area contributed by atoms with Crippen LogP contribution in [0, 0.1) is 6.92 Å². The van der Waals surface area contributed by atoms with Crippen LogP contribution in [-0.4, -0.2) is 24.0 Å². The molecule has 1 rings (SSSR count). The normalized spacial score (nSPS) is 10.0. The molecule has 98 valence electrons. The maximum absolute atomic E-state index is 12.1. The van der Waals surface area contributed by atoms with Crippen LogP contribution < -0.4 is 5.32 Å². The van der Waals surface area contributed by atoms with E-state index in [1.807, 2.05) is 26.8 Å². The number of rotatable bonds is 4. The largest absolute Gasteiger partial charge is 0.322 e. The second kappa shape index (κ2) is 6.45. The number of nitrogens with one attached hydrogen (secondary N) is 1. The molecule has 0 radical (unpaired) electrons. The standard InChI is InChI=1S/C14H19ClN2O/c1-5-17(9-10(2)3)14(18)16-13-8-12(15)7-6-11(13)4/h6-8H,2,5,9H2,1,3-4H3,(H,16,18). The Morgan fingerprint density at radius 3 is 2.72 bits per heavy atom. The van der Waals surface area contributed by atoms with Gasteiger partial charge >= 0.3 is 6.03 Å². The van der Waals surface area contributed by atoms with Gasteiger partial charge in [-0.2, -0.15) is 0 Å². The summed E-state index contributed by atoms with van der Waals surface area (Å²) in [6, 6.07) is 5.31. The summed E-state index contributed by atoms with van der Waals surface area (Å²) in [7, 11) is 0. The molecule has 0 saturated heterocycles. The molecule has 0 atom stereocenters. The average molecular weight is 267 g/mol. The summed E-state index contributed by atoms with van der Waals surface area (Å²) in [6.07, 6.45) is 0. The molecule has 2 amide bonds. The van der Waals surface area contributed by atoms with Crippen molar-refractivity contribution < 1.29 is 4.79 Å². The third-order valence-corrected chi connectivity index (χ3v) is 2.81. The molecule has 18 heavy (non-hydrogen) atoms. The van der Waals surface area contributed by atoms with Gasteiger partial charge in [0, 0.05) is 23.8 Å². The Morgan fingerprint density at radius 1 is 1.50 bits per heavy atom. The fourth-order valence-electron chi connectivity index (χ4n) is 1.58. The zero-order chi connectivity index (χ0) is 13.7. The number of nitrogens with zero attached hydrogens (tertiary/aromatic N) is 1. The van der Waals surface area contributed by atoms with Crippen LogP contribution in [0.3, 0.4) is 0 Å². The zero-order valence-electron chi connectivity index (χ0n) is 11.1. The van der Waals surface area contributed by atoms with Crippen LogP contribution in [0.2, 0.25) is 5.02 Å². The Kier molecular flexibility index (Phi) is 5.23. The Hall–Kier alpha value is -1.48. The minimum absolute atomic E-state index is 0.133. The number of anilines is 1. The zero-order valence-corrected chi connectivity index (χ0v) is 11.8. The highest BCUT2D eigenvalue weighted by atomic mass is 35.5. The minimum atomic E-state index is -0.133. The summed E-state index contributed by atoms with van der Waals surface area (Å²) in [4.78, 5) is 13.8. The molecule has 3 nitrogen and oxygen atoms in total. The quantitative estimate of drug-likeness (QED) is 0.819. The van der Waals surface area contributed by atoms with E-state index in [0.29, 0.717) is 18.1 Å². The minimum Gasteiger partial charge on any atom is -0.321 e. The molecule has 0 saturated carbocycles. The van der Waals surface area contributed by atoms with Crippen molar-refractivity contribution in [3.63, 3.8) is 0 Å². The SMILES string of the molecule is C=C(C)CN(CC)C(=O)Nc1cc(Cl)ccc1C. The number of benzene rings is 1. The number of hydrogen-bond acceptors (Lipinski definition) is 1. The fourth-order valence-corrected chi connectivity index (χ4v) is 1.75. The van der Waals surface area contributed by atoms with Crippen LogP contribution in [0.1, 0.15) is 19.4 Å². The number of halogens is 1. The lowest BCUT2D eigenvalue weighted by Crippen LogP contribution is -2.36. The Labute approximate surface area is 113 Å². The van der Waals surface area contributed by atoms with Crippen LogP contribution in [0.5, 0.6) is 0 Å². The van der Waals surface area contributed by atoms with Gasteiger partial charge in [0.05, 0.1) is 0 Å². The molecule has 1 aromatic rings. The number of urea groups is 1. The van der Waals surface area contributed by atoms with Gasteiger partial charge in [0.15, 0.2) is 0 Å². The van der Waals surface area contributed by atoms with Gasteiger partial charge < -0.3 is 10.2 Å². The summed E-state index contributed by atoms with van der Waals surface area (Å²) in [6.45, 7) is 10.8. The van der Waals surface area contributed by atoms with E-state index in [9.17, 15) is 4.79 Å². The van der Waals surface area contributed by atoms with Crippen molar-refractivity contribution in [3.05, 3.63) is 40.9 Å². The van der Waals surface area contributed by atoms with Crippen molar-refractivity contribution in [2.45, 2.75) is 20.8 Å². The van der Waals surface area contributed by atoms with E-state index < -0.39 is 0 Å². The highest BCUT2D eigenvalue weighted by Crippen LogP contribution is 2.20. The first kappa shape index (κ1) is 14.6. The van der Waals surface area contributed by atoms with Gasteiger partial charge in [-0.15, -0.1) is 0 Å². The first-order valence-corrected chi connectivity index (χ1v) is 6.28. The highest BCUT2D eigenvalue weighted by Gasteiger charge is 2.12. The Balaban J connectivity index is 2.79. The third-order valence-electron chi connectivity index (χ3n) is 2.57. The van der Waals surface area contributed by atoms with E-state index in [1.54, 1.807) is 17.0 Å². The summed E-state index contributed by atoms with van der Waals surface area (Å²) < 4.78 is 0. The molecule has 0 aliphatic heterocycles. The molecule has 0 aliphatic carbocycles. The molecule has 1 N–H and O–H groups in total. The first-order valence-electron chi connectivity index (χ1n) is 5.90. The van der Waals surface area contributed by atoms with Gasteiger partial charge in [0.1, 0.15) is 0 Å².